The Morgan fingerprint density at radius 1 is 0.517 bits per heavy atom. The maximum absolute atomic E-state index is 15.4. The average molecular weight is 1260 g/mol. The molecule has 0 aromatic carbocycles. The van der Waals surface area contributed by atoms with E-state index < -0.39 is 162 Å². The molecule has 1 heterocycles. The summed E-state index contributed by atoms with van der Waals surface area (Å²) in [5.74, 6) is -10.8. The predicted octanol–water partition coefficient (Wildman–Crippen LogP) is 4.99. The van der Waals surface area contributed by atoms with Crippen molar-refractivity contribution in [1.29, 1.82) is 0 Å². The van der Waals surface area contributed by atoms with Crippen LogP contribution in [0.1, 0.15) is 162 Å². The standard InChI is InChI=1S/C65H113N11O13.4H2/c1-26-28-29-30-42(15)55(89-45(18)77)54-59(82)68-46(27-2)61(84)70(19)35-51(78)71(20)47(31-36(3)4)58(81)69-52(40(11)12)64(87)72(21)48(32-37(5)6)57(80)66-43(16)56(79)67-44(17)60(83)73(22)49(33-38(7)8)62(85)74(23)50(34-39(9)10)63(86)75(24)53(41(13)14)65(88)76(54)25;;;;/h26,28-29,36-44,46-50,52-55H,1,27,30-35H2,2-25H3,(H,66,80)(H,67,79)(H,68,82)(H,69,81);4*1H/b29-28+;;;;/t42-,43+,44-,46+,47+,48+,49+,50+,52+,53+,54?,55-;;;;/m1..../s1. The highest BCUT2D eigenvalue weighted by Gasteiger charge is 2.47. The number of allylic oxidation sites excluding steroid dienone is 3. The number of carbonyl (C=O) groups excluding carboxylic acids is 12. The van der Waals surface area contributed by atoms with Gasteiger partial charge in [0.05, 0.1) is 6.54 Å². The number of ether oxygens (including phenoxy) is 1. The molecule has 0 aromatic heterocycles. The first-order valence-corrected chi connectivity index (χ1v) is 31.6. The summed E-state index contributed by atoms with van der Waals surface area (Å²) in [5.41, 5.74) is 0. The van der Waals surface area contributed by atoms with Crippen LogP contribution in [0.5, 0.6) is 0 Å². The monoisotopic (exact) mass is 1260 g/mol. The molecule has 11 amide bonds. The summed E-state index contributed by atoms with van der Waals surface area (Å²) in [6.07, 6.45) is 4.40. The Morgan fingerprint density at radius 2 is 0.944 bits per heavy atom. The molecule has 1 aliphatic rings. The molecule has 24 heteroatoms. The van der Waals surface area contributed by atoms with Crippen LogP contribution in [0.3, 0.4) is 0 Å². The van der Waals surface area contributed by atoms with Gasteiger partial charge in [-0.3, -0.25) is 57.5 Å². The third kappa shape index (κ3) is 23.1. The minimum atomic E-state index is -1.63. The van der Waals surface area contributed by atoms with Gasteiger partial charge in [0.15, 0.2) is 0 Å². The lowest BCUT2D eigenvalue weighted by Crippen LogP contribution is -2.64. The van der Waals surface area contributed by atoms with Gasteiger partial charge in [0.2, 0.25) is 65.0 Å². The van der Waals surface area contributed by atoms with Gasteiger partial charge in [-0.05, 0) is 93.8 Å². The topological polar surface area (TPSA) is 285 Å². The van der Waals surface area contributed by atoms with Gasteiger partial charge in [0.25, 0.3) is 0 Å². The van der Waals surface area contributed by atoms with E-state index in [-0.39, 0.29) is 67.9 Å². The molecule has 0 spiro atoms. The SMILES string of the molecule is C=C/C=C/C[C@@H](C)[C@@H](OC(C)=O)C1C(=O)N[C@@H](CC)C(=O)N(C)CC(=O)N(C)[C@@H](CC(C)C)C(=O)N[C@@H](C(C)C)C(=O)N(C)[C@@H](CC(C)C)C(=O)N[C@@H](C)C(=O)N[C@H](C)C(=O)N(C)[C@@H](CC(C)C)C(=O)N(C)[C@@H](CC(C)C)C(=O)N(C)[C@@H](C(C)C)C(=O)N1C.[HH].[HH].[HH].[HH]. The Bertz CT molecular complexity index is 2520. The Morgan fingerprint density at radius 3 is 1.39 bits per heavy atom. The average Bonchev–Trinajstić information content (AvgIpc) is 0.811. The van der Waals surface area contributed by atoms with Gasteiger partial charge in [-0.15, -0.1) is 0 Å². The number of esters is 1. The normalized spacial score (nSPS) is 26.1. The van der Waals surface area contributed by atoms with Crippen LogP contribution in [0, 0.1) is 41.4 Å². The second-order valence-corrected chi connectivity index (χ2v) is 26.8. The van der Waals surface area contributed by atoms with Crippen LogP contribution in [-0.4, -0.2) is 228 Å². The minimum absolute atomic E-state index is 0. The van der Waals surface area contributed by atoms with E-state index in [0.717, 1.165) is 16.7 Å². The van der Waals surface area contributed by atoms with E-state index in [4.69, 9.17) is 4.74 Å². The Balaban J connectivity index is -0.00000990. The van der Waals surface area contributed by atoms with Gasteiger partial charge in [-0.25, -0.2) is 0 Å². The van der Waals surface area contributed by atoms with Crippen molar-refractivity contribution in [3.63, 3.8) is 0 Å². The molecule has 0 radical (unpaired) electrons. The maximum atomic E-state index is 15.4. The Hall–Kier alpha value is -6.88. The molecule has 4 N–H and O–H groups in total. The molecule has 89 heavy (non-hydrogen) atoms. The third-order valence-electron chi connectivity index (χ3n) is 16.4. The first-order valence-electron chi connectivity index (χ1n) is 31.6. The quantitative estimate of drug-likeness (QED) is 0.110. The lowest BCUT2D eigenvalue weighted by molar-refractivity contribution is -0.164. The largest absolute Gasteiger partial charge is 0.459 e. The maximum Gasteiger partial charge on any atom is 0.303 e. The predicted molar refractivity (Wildman–Crippen MR) is 351 cm³/mol. The van der Waals surface area contributed by atoms with Crippen molar-refractivity contribution in [3.05, 3.63) is 24.8 Å². The number of nitrogens with one attached hydrogen (secondary N) is 4. The summed E-state index contributed by atoms with van der Waals surface area (Å²) in [6, 6.07) is -12.6. The minimum Gasteiger partial charge on any atom is -0.459 e. The molecule has 0 saturated carbocycles. The molecular weight excluding hydrogens is 1140 g/mol. The van der Waals surface area contributed by atoms with Gasteiger partial charge in [-0.2, -0.15) is 0 Å². The number of nitrogens with zero attached hydrogens (tertiary/aromatic N) is 7. The zero-order chi connectivity index (χ0) is 69.0. The van der Waals surface area contributed by atoms with E-state index in [9.17, 15) is 38.4 Å². The highest BCUT2D eigenvalue weighted by atomic mass is 16.5. The number of amides is 11. The summed E-state index contributed by atoms with van der Waals surface area (Å²) in [7, 11) is 9.85. The summed E-state index contributed by atoms with van der Waals surface area (Å²) in [6.45, 7) is 32.3. The Kier molecular flexibility index (Phi) is 33.0. The van der Waals surface area contributed by atoms with E-state index >= 15 is 19.2 Å². The zero-order valence-electron chi connectivity index (χ0n) is 58.2. The van der Waals surface area contributed by atoms with Gasteiger partial charge >= 0.3 is 5.97 Å². The number of rotatable bonds is 17. The zero-order valence-corrected chi connectivity index (χ0v) is 58.2. The Labute approximate surface area is 537 Å². The smallest absolute Gasteiger partial charge is 0.303 e. The van der Waals surface area contributed by atoms with E-state index in [1.165, 1.54) is 87.7 Å². The first-order chi connectivity index (χ1) is 41.1. The van der Waals surface area contributed by atoms with Gasteiger partial charge in [0.1, 0.15) is 66.5 Å². The lowest BCUT2D eigenvalue weighted by atomic mass is 9.91. The number of hydrogen-bond donors (Lipinski definition) is 4. The fraction of sp³-hybridized carbons (Fsp3) is 0.754. The van der Waals surface area contributed by atoms with Crippen molar-refractivity contribution in [2.75, 3.05) is 55.9 Å². The molecular formula is C65H121N11O13. The van der Waals surface area contributed by atoms with Crippen molar-refractivity contribution in [1.82, 2.24) is 55.6 Å². The van der Waals surface area contributed by atoms with E-state index in [0.29, 0.717) is 0 Å². The molecule has 0 aromatic rings. The van der Waals surface area contributed by atoms with Crippen LogP contribution in [0.2, 0.25) is 0 Å². The molecule has 0 bridgehead atoms. The molecule has 1 unspecified atom stereocenters. The van der Waals surface area contributed by atoms with Crippen molar-refractivity contribution < 1.29 is 68.0 Å². The molecule has 1 rings (SSSR count). The van der Waals surface area contributed by atoms with Gasteiger partial charge in [-0.1, -0.05) is 122 Å². The summed E-state index contributed by atoms with van der Waals surface area (Å²) < 4.78 is 5.94. The fourth-order valence-corrected chi connectivity index (χ4v) is 11.1. The first kappa shape index (κ1) is 80.1. The van der Waals surface area contributed by atoms with E-state index in [1.54, 1.807) is 59.8 Å². The fourth-order valence-electron chi connectivity index (χ4n) is 11.1. The second kappa shape index (κ2) is 36.7. The van der Waals surface area contributed by atoms with E-state index in [1.807, 2.05) is 55.4 Å². The van der Waals surface area contributed by atoms with Crippen molar-refractivity contribution in [3.8, 4) is 0 Å². The summed E-state index contributed by atoms with van der Waals surface area (Å²) >= 11 is 0. The second-order valence-electron chi connectivity index (χ2n) is 26.8. The van der Waals surface area contributed by atoms with Gasteiger partial charge in [0, 0.05) is 62.0 Å². The van der Waals surface area contributed by atoms with Crippen molar-refractivity contribution in [2.24, 2.45) is 41.4 Å². The molecule has 514 valence electrons. The van der Waals surface area contributed by atoms with Crippen LogP contribution in [-0.2, 0) is 62.3 Å². The number of carbonyl (C=O) groups is 12. The molecule has 12 atom stereocenters. The van der Waals surface area contributed by atoms with Crippen molar-refractivity contribution in [2.45, 2.75) is 223 Å². The number of hydrogen-bond acceptors (Lipinski definition) is 13. The molecule has 1 aliphatic heterocycles. The molecule has 0 aliphatic carbocycles. The van der Waals surface area contributed by atoms with Gasteiger partial charge < -0.3 is 60.3 Å². The molecule has 24 nitrogen and oxygen atoms in total. The molecule has 1 fully saturated rings. The van der Waals surface area contributed by atoms with Crippen LogP contribution >= 0.6 is 0 Å². The third-order valence-corrected chi connectivity index (χ3v) is 16.4. The van der Waals surface area contributed by atoms with Crippen molar-refractivity contribution >= 4 is 70.9 Å². The lowest BCUT2D eigenvalue weighted by Gasteiger charge is -2.42. The molecule has 1 saturated heterocycles. The van der Waals surface area contributed by atoms with Crippen LogP contribution in [0.25, 0.3) is 0 Å². The summed E-state index contributed by atoms with van der Waals surface area (Å²) in [4.78, 5) is 183. The summed E-state index contributed by atoms with van der Waals surface area (Å²) in [5, 5.41) is 11.0. The highest BCUT2D eigenvalue weighted by Crippen LogP contribution is 2.27. The van der Waals surface area contributed by atoms with Crippen LogP contribution < -0.4 is 21.3 Å². The van der Waals surface area contributed by atoms with Crippen LogP contribution in [0.15, 0.2) is 24.8 Å². The van der Waals surface area contributed by atoms with E-state index in [2.05, 4.69) is 27.8 Å². The van der Waals surface area contributed by atoms with Crippen LogP contribution in [0.4, 0.5) is 0 Å². The number of likely N-dealkylation sites (N-methyl/N-ethyl adjacent to an activating group) is 7. The highest BCUT2D eigenvalue weighted by molar-refractivity contribution is 5.99.